The highest BCUT2D eigenvalue weighted by Gasteiger charge is 2.21. The number of aliphatic hydroxyl groups excluding tert-OH is 1. The highest BCUT2D eigenvalue weighted by Crippen LogP contribution is 2.32. The quantitative estimate of drug-likeness (QED) is 0.733. The lowest BCUT2D eigenvalue weighted by Crippen LogP contribution is -2.22. The standard InChI is InChI=1S/C14H22O5/c1-5-18-11-8-7-10(9-12(11)19-6-2)13(15)14(16-3)17-4/h7-9,13-15H,5-6H2,1-4H3. The van der Waals surface area contributed by atoms with Crippen LogP contribution in [0.1, 0.15) is 25.5 Å². The maximum Gasteiger partial charge on any atom is 0.187 e. The second-order valence-electron chi connectivity index (χ2n) is 3.86. The van der Waals surface area contributed by atoms with Gasteiger partial charge < -0.3 is 24.1 Å². The van der Waals surface area contributed by atoms with Crippen molar-refractivity contribution < 1.29 is 24.1 Å². The molecule has 0 radical (unpaired) electrons. The maximum absolute atomic E-state index is 10.1. The van der Waals surface area contributed by atoms with Gasteiger partial charge in [0.15, 0.2) is 17.8 Å². The van der Waals surface area contributed by atoms with Crippen molar-refractivity contribution in [3.05, 3.63) is 23.8 Å². The van der Waals surface area contributed by atoms with E-state index in [2.05, 4.69) is 0 Å². The van der Waals surface area contributed by atoms with Crippen LogP contribution in [0.3, 0.4) is 0 Å². The van der Waals surface area contributed by atoms with E-state index in [4.69, 9.17) is 18.9 Å². The largest absolute Gasteiger partial charge is 0.490 e. The molecule has 0 aliphatic heterocycles. The van der Waals surface area contributed by atoms with Crippen molar-refractivity contribution in [2.24, 2.45) is 0 Å². The Bertz CT molecular complexity index is 376. The molecule has 1 rings (SSSR count). The molecule has 1 aromatic rings. The first-order valence-corrected chi connectivity index (χ1v) is 6.31. The van der Waals surface area contributed by atoms with Gasteiger partial charge in [-0.15, -0.1) is 0 Å². The van der Waals surface area contributed by atoms with Gasteiger partial charge in [-0.3, -0.25) is 0 Å². The van der Waals surface area contributed by atoms with Crippen LogP contribution in [-0.4, -0.2) is 38.8 Å². The Morgan fingerprint density at radius 1 is 1.00 bits per heavy atom. The van der Waals surface area contributed by atoms with Crippen molar-refractivity contribution in [3.63, 3.8) is 0 Å². The Kier molecular flexibility index (Phi) is 6.62. The van der Waals surface area contributed by atoms with Crippen molar-refractivity contribution in [2.75, 3.05) is 27.4 Å². The van der Waals surface area contributed by atoms with Crippen LogP contribution in [0, 0.1) is 0 Å². The predicted octanol–water partition coefficient (Wildman–Crippen LogP) is 2.14. The lowest BCUT2D eigenvalue weighted by atomic mass is 10.1. The van der Waals surface area contributed by atoms with E-state index < -0.39 is 12.4 Å². The van der Waals surface area contributed by atoms with Crippen LogP contribution >= 0.6 is 0 Å². The van der Waals surface area contributed by atoms with Crippen molar-refractivity contribution >= 4 is 0 Å². The minimum Gasteiger partial charge on any atom is -0.490 e. The normalized spacial score (nSPS) is 12.5. The molecular weight excluding hydrogens is 248 g/mol. The average molecular weight is 270 g/mol. The van der Waals surface area contributed by atoms with E-state index in [9.17, 15) is 5.11 Å². The molecule has 0 fully saturated rings. The highest BCUT2D eigenvalue weighted by molar-refractivity contribution is 5.43. The van der Waals surface area contributed by atoms with Gasteiger partial charge in [0.1, 0.15) is 6.10 Å². The number of methoxy groups -OCH3 is 2. The van der Waals surface area contributed by atoms with Crippen LogP contribution in [0.15, 0.2) is 18.2 Å². The van der Waals surface area contributed by atoms with Crippen LogP contribution in [-0.2, 0) is 9.47 Å². The average Bonchev–Trinajstić information content (AvgIpc) is 2.42. The molecule has 1 atom stereocenters. The minimum atomic E-state index is -0.884. The number of ether oxygens (including phenoxy) is 4. The van der Waals surface area contributed by atoms with Crippen LogP contribution in [0.4, 0.5) is 0 Å². The van der Waals surface area contributed by atoms with E-state index in [-0.39, 0.29) is 0 Å². The number of hydrogen-bond acceptors (Lipinski definition) is 5. The zero-order chi connectivity index (χ0) is 14.3. The van der Waals surface area contributed by atoms with Gasteiger partial charge in [0, 0.05) is 14.2 Å². The van der Waals surface area contributed by atoms with Crippen LogP contribution in [0.2, 0.25) is 0 Å². The molecule has 0 spiro atoms. The molecule has 0 aliphatic rings. The van der Waals surface area contributed by atoms with Crippen LogP contribution in [0.25, 0.3) is 0 Å². The molecule has 5 nitrogen and oxygen atoms in total. The third-order valence-electron chi connectivity index (χ3n) is 2.63. The topological polar surface area (TPSA) is 57.2 Å². The molecule has 1 aromatic carbocycles. The minimum absolute atomic E-state index is 0.525. The predicted molar refractivity (Wildman–Crippen MR) is 71.5 cm³/mol. The number of hydrogen-bond donors (Lipinski definition) is 1. The van der Waals surface area contributed by atoms with Crippen LogP contribution in [0.5, 0.6) is 11.5 Å². The van der Waals surface area contributed by atoms with Gasteiger partial charge in [0.25, 0.3) is 0 Å². The summed E-state index contributed by atoms with van der Waals surface area (Å²) in [5, 5.41) is 10.1. The van der Waals surface area contributed by atoms with E-state index in [1.54, 1.807) is 18.2 Å². The van der Waals surface area contributed by atoms with Gasteiger partial charge in [0.2, 0.25) is 0 Å². The number of rotatable bonds is 8. The molecule has 0 aromatic heterocycles. The highest BCUT2D eigenvalue weighted by atomic mass is 16.7. The smallest absolute Gasteiger partial charge is 0.187 e. The molecule has 0 heterocycles. The fourth-order valence-electron chi connectivity index (χ4n) is 1.76. The van der Waals surface area contributed by atoms with E-state index >= 15 is 0 Å². The van der Waals surface area contributed by atoms with Crippen LogP contribution < -0.4 is 9.47 Å². The first-order chi connectivity index (χ1) is 9.17. The zero-order valence-corrected chi connectivity index (χ0v) is 11.9. The van der Waals surface area contributed by atoms with Gasteiger partial charge in [-0.1, -0.05) is 6.07 Å². The van der Waals surface area contributed by atoms with Gasteiger partial charge in [0.05, 0.1) is 13.2 Å². The third kappa shape index (κ3) is 4.09. The van der Waals surface area contributed by atoms with Crippen molar-refractivity contribution in [3.8, 4) is 11.5 Å². The second kappa shape index (κ2) is 7.99. The summed E-state index contributed by atoms with van der Waals surface area (Å²) in [6.45, 7) is 4.88. The van der Waals surface area contributed by atoms with Gasteiger partial charge >= 0.3 is 0 Å². The Balaban J connectivity index is 2.99. The van der Waals surface area contributed by atoms with Gasteiger partial charge in [-0.05, 0) is 31.5 Å². The molecular formula is C14H22O5. The summed E-state index contributed by atoms with van der Waals surface area (Å²) in [6, 6.07) is 5.28. The molecule has 0 saturated heterocycles. The Hall–Kier alpha value is -1.30. The first-order valence-electron chi connectivity index (χ1n) is 6.31. The molecule has 108 valence electrons. The van der Waals surface area contributed by atoms with E-state index in [1.807, 2.05) is 13.8 Å². The van der Waals surface area contributed by atoms with E-state index in [0.29, 0.717) is 30.3 Å². The summed E-state index contributed by atoms with van der Waals surface area (Å²) in [7, 11) is 2.96. The summed E-state index contributed by atoms with van der Waals surface area (Å²) in [5.74, 6) is 1.26. The fraction of sp³-hybridized carbons (Fsp3) is 0.571. The fourth-order valence-corrected chi connectivity index (χ4v) is 1.76. The lowest BCUT2D eigenvalue weighted by Gasteiger charge is -2.21. The molecule has 0 aliphatic carbocycles. The molecule has 19 heavy (non-hydrogen) atoms. The lowest BCUT2D eigenvalue weighted by molar-refractivity contribution is -0.166. The Morgan fingerprint density at radius 2 is 1.58 bits per heavy atom. The van der Waals surface area contributed by atoms with Crippen molar-refractivity contribution in [1.82, 2.24) is 0 Å². The number of benzene rings is 1. The van der Waals surface area contributed by atoms with Crippen molar-refractivity contribution in [2.45, 2.75) is 26.2 Å². The zero-order valence-electron chi connectivity index (χ0n) is 11.9. The van der Waals surface area contributed by atoms with Crippen molar-refractivity contribution in [1.29, 1.82) is 0 Å². The van der Waals surface area contributed by atoms with E-state index in [0.717, 1.165) is 0 Å². The SMILES string of the molecule is CCOc1ccc(C(O)C(OC)OC)cc1OCC. The molecule has 5 heteroatoms. The Morgan fingerprint density at radius 3 is 2.11 bits per heavy atom. The third-order valence-corrected chi connectivity index (χ3v) is 2.63. The second-order valence-corrected chi connectivity index (χ2v) is 3.86. The van der Waals surface area contributed by atoms with E-state index in [1.165, 1.54) is 14.2 Å². The van der Waals surface area contributed by atoms with Gasteiger partial charge in [-0.2, -0.15) is 0 Å². The summed E-state index contributed by atoms with van der Waals surface area (Å²) >= 11 is 0. The van der Waals surface area contributed by atoms with Gasteiger partial charge in [-0.25, -0.2) is 0 Å². The maximum atomic E-state index is 10.1. The Labute approximate surface area is 114 Å². The summed E-state index contributed by atoms with van der Waals surface area (Å²) in [6.07, 6.45) is -1.60. The molecule has 1 unspecified atom stereocenters. The number of aliphatic hydroxyl groups is 1. The molecule has 0 amide bonds. The molecule has 1 N–H and O–H groups in total. The first kappa shape index (κ1) is 15.8. The summed E-state index contributed by atoms with van der Waals surface area (Å²) in [5.41, 5.74) is 0.653. The molecule has 0 saturated carbocycles. The molecule has 0 bridgehead atoms. The monoisotopic (exact) mass is 270 g/mol. The summed E-state index contributed by atoms with van der Waals surface area (Å²) in [4.78, 5) is 0. The summed E-state index contributed by atoms with van der Waals surface area (Å²) < 4.78 is 21.1.